The second-order valence-electron chi connectivity index (χ2n) is 2.29. The zero-order valence-electron chi connectivity index (χ0n) is 6.38. The maximum Gasteiger partial charge on any atom is 0.334 e. The van der Waals surface area contributed by atoms with E-state index in [0.29, 0.717) is 0 Å². The van der Waals surface area contributed by atoms with Gasteiger partial charge >= 0.3 is 5.97 Å². The SMILES string of the molecule is [CH2]COC(=O)C1=CC=CCC1. The molecule has 0 spiro atoms. The number of ether oxygens (including phenoxy) is 1. The minimum Gasteiger partial charge on any atom is -0.462 e. The van der Waals surface area contributed by atoms with Crippen molar-refractivity contribution in [3.05, 3.63) is 30.7 Å². The molecule has 59 valence electrons. The average Bonchev–Trinajstić information content (AvgIpc) is 2.07. The minimum atomic E-state index is -0.232. The smallest absolute Gasteiger partial charge is 0.334 e. The Hall–Kier alpha value is -1.05. The first-order valence-electron chi connectivity index (χ1n) is 3.66. The van der Waals surface area contributed by atoms with Crippen LogP contribution in [0.2, 0.25) is 0 Å². The monoisotopic (exact) mass is 151 g/mol. The fraction of sp³-hybridized carbons (Fsp3) is 0.333. The molecule has 0 aromatic carbocycles. The third-order valence-electron chi connectivity index (χ3n) is 1.51. The molecule has 0 aliphatic heterocycles. The Labute approximate surface area is 66.5 Å². The van der Waals surface area contributed by atoms with Crippen molar-refractivity contribution in [2.24, 2.45) is 0 Å². The van der Waals surface area contributed by atoms with Crippen molar-refractivity contribution in [2.45, 2.75) is 12.8 Å². The minimum absolute atomic E-state index is 0.208. The molecular weight excluding hydrogens is 140 g/mol. The Morgan fingerprint density at radius 3 is 3.09 bits per heavy atom. The van der Waals surface area contributed by atoms with E-state index in [0.717, 1.165) is 18.4 Å². The molecule has 0 N–H and O–H groups in total. The second-order valence-corrected chi connectivity index (χ2v) is 2.29. The van der Waals surface area contributed by atoms with Crippen LogP contribution < -0.4 is 0 Å². The zero-order chi connectivity index (χ0) is 8.10. The number of hydrogen-bond donors (Lipinski definition) is 0. The van der Waals surface area contributed by atoms with Gasteiger partial charge in [0.15, 0.2) is 0 Å². The van der Waals surface area contributed by atoms with Crippen LogP contribution in [0.25, 0.3) is 0 Å². The van der Waals surface area contributed by atoms with Gasteiger partial charge in [-0.1, -0.05) is 18.2 Å². The van der Waals surface area contributed by atoms with E-state index in [9.17, 15) is 4.79 Å². The summed E-state index contributed by atoms with van der Waals surface area (Å²) in [5.74, 6) is -0.232. The van der Waals surface area contributed by atoms with E-state index in [-0.39, 0.29) is 12.6 Å². The first-order chi connectivity index (χ1) is 5.34. The zero-order valence-corrected chi connectivity index (χ0v) is 6.38. The van der Waals surface area contributed by atoms with Crippen molar-refractivity contribution in [3.8, 4) is 0 Å². The largest absolute Gasteiger partial charge is 0.462 e. The van der Waals surface area contributed by atoms with Gasteiger partial charge in [0.1, 0.15) is 0 Å². The van der Waals surface area contributed by atoms with Crippen molar-refractivity contribution in [2.75, 3.05) is 6.61 Å². The van der Waals surface area contributed by atoms with Crippen LogP contribution >= 0.6 is 0 Å². The maximum atomic E-state index is 11.0. The molecule has 0 amide bonds. The van der Waals surface area contributed by atoms with Crippen LogP contribution in [0, 0.1) is 6.92 Å². The van der Waals surface area contributed by atoms with E-state index in [2.05, 4.69) is 6.92 Å². The molecule has 11 heavy (non-hydrogen) atoms. The molecule has 0 bridgehead atoms. The van der Waals surface area contributed by atoms with Crippen LogP contribution in [-0.4, -0.2) is 12.6 Å². The lowest BCUT2D eigenvalue weighted by Crippen LogP contribution is -2.08. The van der Waals surface area contributed by atoms with Crippen molar-refractivity contribution < 1.29 is 9.53 Å². The summed E-state index contributed by atoms with van der Waals surface area (Å²) in [5, 5.41) is 0. The summed E-state index contributed by atoms with van der Waals surface area (Å²) in [6.07, 6.45) is 7.42. The third-order valence-corrected chi connectivity index (χ3v) is 1.51. The van der Waals surface area contributed by atoms with Crippen molar-refractivity contribution in [3.63, 3.8) is 0 Å². The molecule has 0 heterocycles. The Bertz CT molecular complexity index is 202. The van der Waals surface area contributed by atoms with Gasteiger partial charge in [0, 0.05) is 5.57 Å². The Balaban J connectivity index is 2.52. The highest BCUT2D eigenvalue weighted by Crippen LogP contribution is 2.12. The fourth-order valence-electron chi connectivity index (χ4n) is 0.958. The molecule has 1 aliphatic carbocycles. The third kappa shape index (κ3) is 2.22. The summed E-state index contributed by atoms with van der Waals surface area (Å²) < 4.78 is 4.73. The van der Waals surface area contributed by atoms with E-state index in [4.69, 9.17) is 4.74 Å². The highest BCUT2D eigenvalue weighted by Gasteiger charge is 2.09. The summed E-state index contributed by atoms with van der Waals surface area (Å²) in [4.78, 5) is 11.0. The summed E-state index contributed by atoms with van der Waals surface area (Å²) in [7, 11) is 0. The quantitative estimate of drug-likeness (QED) is 0.561. The van der Waals surface area contributed by atoms with Crippen LogP contribution in [0.5, 0.6) is 0 Å². The first-order valence-corrected chi connectivity index (χ1v) is 3.66. The number of hydrogen-bond acceptors (Lipinski definition) is 2. The summed E-state index contributed by atoms with van der Waals surface area (Å²) in [5.41, 5.74) is 0.746. The molecule has 0 saturated carbocycles. The van der Waals surface area contributed by atoms with Crippen LogP contribution in [-0.2, 0) is 9.53 Å². The lowest BCUT2D eigenvalue weighted by molar-refractivity contribution is -0.138. The Morgan fingerprint density at radius 1 is 1.73 bits per heavy atom. The maximum absolute atomic E-state index is 11.0. The van der Waals surface area contributed by atoms with E-state index < -0.39 is 0 Å². The number of allylic oxidation sites excluding steroid dienone is 3. The van der Waals surface area contributed by atoms with Crippen LogP contribution in [0.3, 0.4) is 0 Å². The number of carbonyl (C=O) groups excluding carboxylic acids is 1. The van der Waals surface area contributed by atoms with Crippen molar-refractivity contribution in [1.29, 1.82) is 0 Å². The first kappa shape index (κ1) is 8.05. The second kappa shape index (κ2) is 3.96. The Morgan fingerprint density at radius 2 is 2.55 bits per heavy atom. The predicted octanol–water partition coefficient (Wildman–Crippen LogP) is 1.64. The molecule has 0 saturated heterocycles. The molecule has 1 radical (unpaired) electrons. The lowest BCUT2D eigenvalue weighted by Gasteiger charge is -2.06. The van der Waals surface area contributed by atoms with Gasteiger partial charge in [-0.3, -0.25) is 0 Å². The van der Waals surface area contributed by atoms with Crippen molar-refractivity contribution in [1.82, 2.24) is 0 Å². The molecular formula is C9H11O2. The summed E-state index contributed by atoms with van der Waals surface area (Å²) >= 11 is 0. The number of esters is 1. The predicted molar refractivity (Wildman–Crippen MR) is 42.8 cm³/mol. The number of carbonyl (C=O) groups is 1. The van der Waals surface area contributed by atoms with E-state index in [1.54, 1.807) is 6.08 Å². The van der Waals surface area contributed by atoms with Crippen molar-refractivity contribution >= 4 is 5.97 Å². The van der Waals surface area contributed by atoms with Gasteiger partial charge in [-0.2, -0.15) is 0 Å². The van der Waals surface area contributed by atoms with Gasteiger partial charge in [0.25, 0.3) is 0 Å². The topological polar surface area (TPSA) is 26.3 Å². The number of rotatable bonds is 2. The molecule has 0 fully saturated rings. The normalized spacial score (nSPS) is 15.9. The molecule has 2 heteroatoms. The molecule has 0 aromatic heterocycles. The van der Waals surface area contributed by atoms with Gasteiger partial charge in [-0.15, -0.1) is 0 Å². The molecule has 1 aliphatic rings. The summed E-state index contributed by atoms with van der Waals surface area (Å²) in [6, 6.07) is 0. The summed E-state index contributed by atoms with van der Waals surface area (Å²) in [6.45, 7) is 3.64. The van der Waals surface area contributed by atoms with Gasteiger partial charge < -0.3 is 4.74 Å². The van der Waals surface area contributed by atoms with E-state index in [1.807, 2.05) is 12.2 Å². The van der Waals surface area contributed by atoms with Gasteiger partial charge in [-0.05, 0) is 19.8 Å². The van der Waals surface area contributed by atoms with Gasteiger partial charge in [-0.25, -0.2) is 4.79 Å². The van der Waals surface area contributed by atoms with E-state index >= 15 is 0 Å². The standard InChI is InChI=1S/C9H11O2/c1-2-11-9(10)8-6-4-3-5-7-8/h3-4,6H,1-2,5,7H2. The highest BCUT2D eigenvalue weighted by molar-refractivity contribution is 5.89. The molecule has 1 rings (SSSR count). The van der Waals surface area contributed by atoms with E-state index in [1.165, 1.54) is 0 Å². The van der Waals surface area contributed by atoms with Crippen LogP contribution in [0.1, 0.15) is 12.8 Å². The van der Waals surface area contributed by atoms with Crippen LogP contribution in [0.4, 0.5) is 0 Å². The molecule has 0 aromatic rings. The molecule has 0 unspecified atom stereocenters. The molecule has 0 atom stereocenters. The molecule has 2 nitrogen and oxygen atoms in total. The lowest BCUT2D eigenvalue weighted by atomic mass is 10.1. The fourth-order valence-corrected chi connectivity index (χ4v) is 0.958. The van der Waals surface area contributed by atoms with Gasteiger partial charge in [0.2, 0.25) is 0 Å². The Kier molecular flexibility index (Phi) is 2.90. The average molecular weight is 151 g/mol. The van der Waals surface area contributed by atoms with Crippen LogP contribution in [0.15, 0.2) is 23.8 Å². The van der Waals surface area contributed by atoms with Gasteiger partial charge in [0.05, 0.1) is 6.61 Å². The highest BCUT2D eigenvalue weighted by atomic mass is 16.5.